The van der Waals surface area contributed by atoms with Crippen molar-refractivity contribution >= 4 is 22.4 Å². The van der Waals surface area contributed by atoms with Crippen LogP contribution in [0.2, 0.25) is 0 Å². The van der Waals surface area contributed by atoms with Gasteiger partial charge < -0.3 is 4.74 Å². The van der Waals surface area contributed by atoms with Gasteiger partial charge >= 0.3 is 0 Å². The van der Waals surface area contributed by atoms with Crippen molar-refractivity contribution in [3.8, 4) is 5.75 Å². The van der Waals surface area contributed by atoms with Crippen molar-refractivity contribution in [2.24, 2.45) is 0 Å². The average Bonchev–Trinajstić information content (AvgIpc) is 2.69. The standard InChI is InChI=1S/C14H16N2O2S/c1-4-18-12-8-6-5-7-11(12)13(17)16-14-15-9(2)10(3)19-14/h5-8H,4H2,1-3H3,(H,15,16,17). The lowest BCUT2D eigenvalue weighted by atomic mass is 10.2. The Balaban J connectivity index is 2.20. The summed E-state index contributed by atoms with van der Waals surface area (Å²) < 4.78 is 5.45. The van der Waals surface area contributed by atoms with Gasteiger partial charge in [-0.25, -0.2) is 4.98 Å². The highest BCUT2D eigenvalue weighted by molar-refractivity contribution is 7.15. The molecule has 19 heavy (non-hydrogen) atoms. The number of anilines is 1. The number of amides is 1. The van der Waals surface area contributed by atoms with Crippen LogP contribution in [0.1, 0.15) is 27.9 Å². The summed E-state index contributed by atoms with van der Waals surface area (Å²) in [5.74, 6) is 0.394. The van der Waals surface area contributed by atoms with Crippen LogP contribution in [-0.2, 0) is 0 Å². The molecule has 0 fully saturated rings. The molecule has 2 aromatic rings. The summed E-state index contributed by atoms with van der Waals surface area (Å²) >= 11 is 1.47. The first-order valence-corrected chi connectivity index (χ1v) is 6.90. The van der Waals surface area contributed by atoms with Gasteiger partial charge in [-0.1, -0.05) is 12.1 Å². The van der Waals surface area contributed by atoms with Gasteiger partial charge in [0.2, 0.25) is 0 Å². The van der Waals surface area contributed by atoms with Gasteiger partial charge in [-0.2, -0.15) is 0 Å². The normalized spacial score (nSPS) is 10.3. The molecule has 1 aromatic carbocycles. The molecule has 1 amide bonds. The van der Waals surface area contributed by atoms with E-state index < -0.39 is 0 Å². The summed E-state index contributed by atoms with van der Waals surface area (Å²) in [6.07, 6.45) is 0. The molecule has 0 atom stereocenters. The Hall–Kier alpha value is -1.88. The van der Waals surface area contributed by atoms with E-state index in [1.54, 1.807) is 12.1 Å². The molecule has 0 aliphatic rings. The number of nitrogens with one attached hydrogen (secondary N) is 1. The molecule has 4 nitrogen and oxygen atoms in total. The third-order valence-electron chi connectivity index (χ3n) is 2.68. The molecule has 1 aromatic heterocycles. The molecule has 1 heterocycles. The summed E-state index contributed by atoms with van der Waals surface area (Å²) in [4.78, 5) is 17.6. The van der Waals surface area contributed by atoms with Crippen LogP contribution in [0, 0.1) is 13.8 Å². The lowest BCUT2D eigenvalue weighted by Crippen LogP contribution is -2.13. The number of para-hydroxylation sites is 1. The lowest BCUT2D eigenvalue weighted by Gasteiger charge is -2.08. The SMILES string of the molecule is CCOc1ccccc1C(=O)Nc1nc(C)c(C)s1. The summed E-state index contributed by atoms with van der Waals surface area (Å²) in [6, 6.07) is 7.19. The second kappa shape index (κ2) is 5.84. The van der Waals surface area contributed by atoms with Crippen LogP contribution in [0.25, 0.3) is 0 Å². The van der Waals surface area contributed by atoms with E-state index in [0.29, 0.717) is 23.1 Å². The van der Waals surface area contributed by atoms with Gasteiger partial charge in [0.05, 0.1) is 17.9 Å². The quantitative estimate of drug-likeness (QED) is 0.931. The predicted molar refractivity (Wildman–Crippen MR) is 77.2 cm³/mol. The highest BCUT2D eigenvalue weighted by Gasteiger charge is 2.14. The topological polar surface area (TPSA) is 51.2 Å². The van der Waals surface area contributed by atoms with Gasteiger partial charge in [-0.05, 0) is 32.9 Å². The second-order valence-electron chi connectivity index (χ2n) is 4.04. The van der Waals surface area contributed by atoms with Gasteiger partial charge in [0.25, 0.3) is 5.91 Å². The number of nitrogens with zero attached hydrogens (tertiary/aromatic N) is 1. The summed E-state index contributed by atoms with van der Waals surface area (Å²) in [6.45, 7) is 6.33. The van der Waals surface area contributed by atoms with Gasteiger partial charge in [0.1, 0.15) is 5.75 Å². The highest BCUT2D eigenvalue weighted by Crippen LogP contribution is 2.24. The number of hydrogen-bond donors (Lipinski definition) is 1. The molecule has 0 saturated heterocycles. The van der Waals surface area contributed by atoms with Crippen molar-refractivity contribution in [3.63, 3.8) is 0 Å². The molecule has 0 bridgehead atoms. The maximum Gasteiger partial charge on any atom is 0.261 e. The zero-order chi connectivity index (χ0) is 13.8. The molecule has 5 heteroatoms. The van der Waals surface area contributed by atoms with E-state index in [0.717, 1.165) is 10.6 Å². The second-order valence-corrected chi connectivity index (χ2v) is 5.25. The third-order valence-corrected chi connectivity index (χ3v) is 3.67. The van der Waals surface area contributed by atoms with E-state index in [-0.39, 0.29) is 5.91 Å². The first kappa shape index (κ1) is 13.5. The molecule has 0 radical (unpaired) electrons. The van der Waals surface area contributed by atoms with Crippen LogP contribution < -0.4 is 10.1 Å². The number of ether oxygens (including phenoxy) is 1. The van der Waals surface area contributed by atoms with E-state index in [1.807, 2.05) is 32.9 Å². The number of aryl methyl sites for hydroxylation is 2. The molecule has 0 saturated carbocycles. The minimum Gasteiger partial charge on any atom is -0.493 e. The Morgan fingerprint density at radius 1 is 1.37 bits per heavy atom. The van der Waals surface area contributed by atoms with Crippen LogP contribution in [-0.4, -0.2) is 17.5 Å². The molecule has 0 aliphatic carbocycles. The Bertz CT molecular complexity index is 573. The van der Waals surface area contributed by atoms with E-state index in [2.05, 4.69) is 10.3 Å². The fraction of sp³-hybridized carbons (Fsp3) is 0.286. The van der Waals surface area contributed by atoms with Crippen LogP contribution >= 0.6 is 11.3 Å². The van der Waals surface area contributed by atoms with Crippen LogP contribution in [0.15, 0.2) is 24.3 Å². The molecule has 1 N–H and O–H groups in total. The first-order valence-electron chi connectivity index (χ1n) is 6.09. The number of carbonyl (C=O) groups is 1. The number of benzene rings is 1. The average molecular weight is 276 g/mol. The Morgan fingerprint density at radius 3 is 2.74 bits per heavy atom. The number of hydrogen-bond acceptors (Lipinski definition) is 4. The summed E-state index contributed by atoms with van der Waals surface area (Å²) in [5.41, 5.74) is 1.47. The largest absolute Gasteiger partial charge is 0.493 e. The summed E-state index contributed by atoms with van der Waals surface area (Å²) in [7, 11) is 0. The van der Waals surface area contributed by atoms with Crippen molar-refractivity contribution in [2.45, 2.75) is 20.8 Å². The number of carbonyl (C=O) groups excluding carboxylic acids is 1. The van der Waals surface area contributed by atoms with Crippen molar-refractivity contribution in [1.29, 1.82) is 0 Å². The maximum atomic E-state index is 12.2. The van der Waals surface area contributed by atoms with Crippen molar-refractivity contribution in [2.75, 3.05) is 11.9 Å². The zero-order valence-corrected chi connectivity index (χ0v) is 12.0. The van der Waals surface area contributed by atoms with Crippen molar-refractivity contribution in [3.05, 3.63) is 40.4 Å². The summed E-state index contributed by atoms with van der Waals surface area (Å²) in [5, 5.41) is 3.42. The Labute approximate surface area is 116 Å². The van der Waals surface area contributed by atoms with E-state index in [1.165, 1.54) is 11.3 Å². The van der Waals surface area contributed by atoms with Gasteiger partial charge in [-0.15, -0.1) is 11.3 Å². The van der Waals surface area contributed by atoms with E-state index in [4.69, 9.17) is 4.74 Å². The van der Waals surface area contributed by atoms with Gasteiger partial charge in [0, 0.05) is 4.88 Å². The lowest BCUT2D eigenvalue weighted by molar-refractivity contribution is 0.102. The molecule has 0 spiro atoms. The predicted octanol–water partition coefficient (Wildman–Crippen LogP) is 3.41. The number of aromatic nitrogens is 1. The molecule has 2 rings (SSSR count). The minimum absolute atomic E-state index is 0.196. The van der Waals surface area contributed by atoms with Crippen molar-refractivity contribution < 1.29 is 9.53 Å². The van der Waals surface area contributed by atoms with Gasteiger partial charge in [0.15, 0.2) is 5.13 Å². The first-order chi connectivity index (χ1) is 9.11. The van der Waals surface area contributed by atoms with Crippen LogP contribution in [0.3, 0.4) is 0 Å². The zero-order valence-electron chi connectivity index (χ0n) is 11.2. The smallest absolute Gasteiger partial charge is 0.261 e. The number of thiazole rings is 1. The maximum absolute atomic E-state index is 12.2. The fourth-order valence-corrected chi connectivity index (χ4v) is 2.44. The van der Waals surface area contributed by atoms with Gasteiger partial charge in [-0.3, -0.25) is 10.1 Å². The number of rotatable bonds is 4. The molecular weight excluding hydrogens is 260 g/mol. The Morgan fingerprint density at radius 2 is 2.11 bits per heavy atom. The van der Waals surface area contributed by atoms with Crippen LogP contribution in [0.5, 0.6) is 5.75 Å². The monoisotopic (exact) mass is 276 g/mol. The molecule has 0 unspecified atom stereocenters. The molecule has 0 aliphatic heterocycles. The highest BCUT2D eigenvalue weighted by atomic mass is 32.1. The fourth-order valence-electron chi connectivity index (χ4n) is 1.63. The minimum atomic E-state index is -0.196. The van der Waals surface area contributed by atoms with Crippen molar-refractivity contribution in [1.82, 2.24) is 4.98 Å². The van der Waals surface area contributed by atoms with E-state index >= 15 is 0 Å². The molecular formula is C14H16N2O2S. The molecule has 100 valence electrons. The van der Waals surface area contributed by atoms with Crippen LogP contribution in [0.4, 0.5) is 5.13 Å². The Kier molecular flexibility index (Phi) is 4.16. The van der Waals surface area contributed by atoms with E-state index in [9.17, 15) is 4.79 Å². The third kappa shape index (κ3) is 3.12.